The van der Waals surface area contributed by atoms with Crippen molar-refractivity contribution in [1.82, 2.24) is 9.97 Å². The highest BCUT2D eigenvalue weighted by molar-refractivity contribution is 5.63. The van der Waals surface area contributed by atoms with Crippen LogP contribution in [-0.4, -0.2) is 22.1 Å². The molecule has 2 rings (SSSR count). The van der Waals surface area contributed by atoms with Crippen LogP contribution in [0.15, 0.2) is 36.7 Å². The van der Waals surface area contributed by atoms with Crippen molar-refractivity contribution >= 4 is 11.5 Å². The summed E-state index contributed by atoms with van der Waals surface area (Å²) in [6.45, 7) is 0. The van der Waals surface area contributed by atoms with Crippen molar-refractivity contribution in [1.29, 1.82) is 5.26 Å². The lowest BCUT2D eigenvalue weighted by Crippen LogP contribution is -2.13. The highest BCUT2D eigenvalue weighted by Gasteiger charge is 2.11. The van der Waals surface area contributed by atoms with E-state index in [1.165, 1.54) is 12.4 Å². The zero-order chi connectivity index (χ0) is 12.3. The van der Waals surface area contributed by atoms with Crippen molar-refractivity contribution < 1.29 is 5.11 Å². The van der Waals surface area contributed by atoms with E-state index in [1.54, 1.807) is 36.2 Å². The zero-order valence-corrected chi connectivity index (χ0v) is 9.20. The van der Waals surface area contributed by atoms with Crippen LogP contribution in [0.1, 0.15) is 5.69 Å². The molecule has 0 aliphatic heterocycles. The van der Waals surface area contributed by atoms with Gasteiger partial charge in [-0.05, 0) is 24.3 Å². The number of benzene rings is 1. The van der Waals surface area contributed by atoms with Gasteiger partial charge >= 0.3 is 0 Å². The second-order valence-corrected chi connectivity index (χ2v) is 3.42. The van der Waals surface area contributed by atoms with E-state index >= 15 is 0 Å². The predicted octanol–water partition coefficient (Wildman–Crippen LogP) is 1.82. The number of nitriles is 1. The molecule has 5 heteroatoms. The molecule has 1 heterocycles. The minimum absolute atomic E-state index is 0.196. The van der Waals surface area contributed by atoms with Gasteiger partial charge < -0.3 is 10.0 Å². The Labute approximate surface area is 98.6 Å². The molecular weight excluding hydrogens is 216 g/mol. The molecule has 0 saturated carbocycles. The van der Waals surface area contributed by atoms with E-state index < -0.39 is 0 Å². The molecule has 0 fully saturated rings. The van der Waals surface area contributed by atoms with Gasteiger partial charge in [-0.15, -0.1) is 0 Å². The first-order chi connectivity index (χ1) is 8.22. The number of nitrogens with zero attached hydrogens (tertiary/aromatic N) is 4. The summed E-state index contributed by atoms with van der Waals surface area (Å²) in [5.41, 5.74) is 1.09. The Balaban J connectivity index is 2.40. The van der Waals surface area contributed by atoms with E-state index in [2.05, 4.69) is 9.97 Å². The molecule has 1 aromatic heterocycles. The number of phenols is 1. The van der Waals surface area contributed by atoms with Gasteiger partial charge in [-0.25, -0.2) is 9.97 Å². The van der Waals surface area contributed by atoms with E-state index in [1.807, 2.05) is 6.07 Å². The fourth-order valence-electron chi connectivity index (χ4n) is 1.45. The molecule has 5 nitrogen and oxygen atoms in total. The molecule has 17 heavy (non-hydrogen) atoms. The average Bonchev–Trinajstić information content (AvgIpc) is 2.39. The highest BCUT2D eigenvalue weighted by atomic mass is 16.3. The van der Waals surface area contributed by atoms with Gasteiger partial charge in [0.25, 0.3) is 0 Å². The molecule has 2 aromatic rings. The molecule has 0 aliphatic rings. The first kappa shape index (κ1) is 10.9. The van der Waals surface area contributed by atoms with E-state index in [0.717, 1.165) is 5.69 Å². The smallest absolute Gasteiger partial charge is 0.183 e. The lowest BCUT2D eigenvalue weighted by Gasteiger charge is -2.18. The largest absolute Gasteiger partial charge is 0.508 e. The van der Waals surface area contributed by atoms with Crippen molar-refractivity contribution in [3.05, 3.63) is 42.4 Å². The number of aromatic hydroxyl groups is 1. The van der Waals surface area contributed by atoms with Gasteiger partial charge in [-0.3, -0.25) is 0 Å². The standard InChI is InChI=1S/C12H10N4O/c1-16(9-2-4-10(17)5-3-9)12-11(8-13)14-6-7-15-12/h2-7,17H,1H3. The summed E-state index contributed by atoms with van der Waals surface area (Å²) in [6.07, 6.45) is 3.01. The molecule has 1 N–H and O–H groups in total. The van der Waals surface area contributed by atoms with E-state index in [0.29, 0.717) is 5.82 Å². The van der Waals surface area contributed by atoms with Crippen LogP contribution in [0.5, 0.6) is 5.75 Å². The minimum atomic E-state index is 0.196. The quantitative estimate of drug-likeness (QED) is 0.845. The summed E-state index contributed by atoms with van der Waals surface area (Å²) in [4.78, 5) is 9.81. The van der Waals surface area contributed by atoms with Crippen molar-refractivity contribution in [2.24, 2.45) is 0 Å². The topological polar surface area (TPSA) is 73.0 Å². The Bertz CT molecular complexity index is 559. The van der Waals surface area contributed by atoms with Crippen LogP contribution in [0.4, 0.5) is 11.5 Å². The van der Waals surface area contributed by atoms with Crippen molar-refractivity contribution in [2.45, 2.75) is 0 Å². The van der Waals surface area contributed by atoms with Crippen molar-refractivity contribution in [2.75, 3.05) is 11.9 Å². The number of hydrogen-bond donors (Lipinski definition) is 1. The van der Waals surface area contributed by atoms with Crippen molar-refractivity contribution in [3.8, 4) is 11.8 Å². The first-order valence-corrected chi connectivity index (χ1v) is 4.96. The number of anilines is 2. The Morgan fingerprint density at radius 2 is 1.82 bits per heavy atom. The highest BCUT2D eigenvalue weighted by Crippen LogP contribution is 2.24. The van der Waals surface area contributed by atoms with Crippen LogP contribution < -0.4 is 4.90 Å². The summed E-state index contributed by atoms with van der Waals surface area (Å²) in [5.74, 6) is 0.683. The third kappa shape index (κ3) is 2.16. The number of rotatable bonds is 2. The van der Waals surface area contributed by atoms with Crippen LogP contribution in [0.25, 0.3) is 0 Å². The monoisotopic (exact) mass is 226 g/mol. The van der Waals surface area contributed by atoms with E-state index in [9.17, 15) is 5.11 Å². The lowest BCUT2D eigenvalue weighted by atomic mass is 10.2. The molecule has 0 saturated heterocycles. The second-order valence-electron chi connectivity index (χ2n) is 3.42. The van der Waals surface area contributed by atoms with E-state index in [-0.39, 0.29) is 11.4 Å². The van der Waals surface area contributed by atoms with Gasteiger partial charge in [0.05, 0.1) is 0 Å². The second kappa shape index (κ2) is 4.49. The van der Waals surface area contributed by atoms with Crippen LogP contribution in [0.2, 0.25) is 0 Å². The normalized spacial score (nSPS) is 9.65. The predicted molar refractivity (Wildman–Crippen MR) is 62.9 cm³/mol. The van der Waals surface area contributed by atoms with Gasteiger partial charge in [-0.2, -0.15) is 5.26 Å². The third-order valence-electron chi connectivity index (χ3n) is 2.34. The SMILES string of the molecule is CN(c1ccc(O)cc1)c1nccnc1C#N. The lowest BCUT2D eigenvalue weighted by molar-refractivity contribution is 0.475. The molecule has 1 aromatic carbocycles. The van der Waals surface area contributed by atoms with Gasteiger partial charge in [-0.1, -0.05) is 0 Å². The Hall–Kier alpha value is -2.61. The molecule has 84 valence electrons. The van der Waals surface area contributed by atoms with Crippen LogP contribution >= 0.6 is 0 Å². The van der Waals surface area contributed by atoms with Gasteiger partial charge in [0.1, 0.15) is 11.8 Å². The number of phenolic OH excluding ortho intramolecular Hbond substituents is 1. The Morgan fingerprint density at radius 1 is 1.18 bits per heavy atom. The average molecular weight is 226 g/mol. The number of hydrogen-bond acceptors (Lipinski definition) is 5. The fourth-order valence-corrected chi connectivity index (χ4v) is 1.45. The molecule has 0 amide bonds. The van der Waals surface area contributed by atoms with Crippen LogP contribution in [0.3, 0.4) is 0 Å². The first-order valence-electron chi connectivity index (χ1n) is 4.96. The maximum absolute atomic E-state index is 9.21. The maximum atomic E-state index is 9.21. The summed E-state index contributed by atoms with van der Waals surface area (Å²) in [5, 5.41) is 18.2. The zero-order valence-electron chi connectivity index (χ0n) is 9.20. The third-order valence-corrected chi connectivity index (χ3v) is 2.34. The Kier molecular flexibility index (Phi) is 2.88. The van der Waals surface area contributed by atoms with Crippen molar-refractivity contribution in [3.63, 3.8) is 0 Å². The molecule has 0 bridgehead atoms. The van der Waals surface area contributed by atoms with Gasteiger partial charge in [0, 0.05) is 25.1 Å². The number of aromatic nitrogens is 2. The molecular formula is C12H10N4O. The summed E-state index contributed by atoms with van der Waals surface area (Å²) < 4.78 is 0. The maximum Gasteiger partial charge on any atom is 0.183 e. The molecule has 0 aliphatic carbocycles. The Morgan fingerprint density at radius 3 is 2.47 bits per heavy atom. The van der Waals surface area contributed by atoms with E-state index in [4.69, 9.17) is 5.26 Å². The minimum Gasteiger partial charge on any atom is -0.508 e. The molecule has 0 spiro atoms. The van der Waals surface area contributed by atoms with Gasteiger partial charge in [0.2, 0.25) is 0 Å². The molecule has 0 atom stereocenters. The van der Waals surface area contributed by atoms with Crippen LogP contribution in [-0.2, 0) is 0 Å². The summed E-state index contributed by atoms with van der Waals surface area (Å²) in [7, 11) is 1.79. The van der Waals surface area contributed by atoms with Crippen LogP contribution in [0, 0.1) is 11.3 Å². The fraction of sp³-hybridized carbons (Fsp3) is 0.0833. The molecule has 0 radical (unpaired) electrons. The van der Waals surface area contributed by atoms with Gasteiger partial charge in [0.15, 0.2) is 11.5 Å². The summed E-state index contributed by atoms with van der Waals surface area (Å²) in [6, 6.07) is 8.63. The molecule has 0 unspecified atom stereocenters. The summed E-state index contributed by atoms with van der Waals surface area (Å²) >= 11 is 0.